The topological polar surface area (TPSA) is 77.8 Å². The van der Waals surface area contributed by atoms with Crippen molar-refractivity contribution in [3.8, 4) is 11.5 Å². The van der Waals surface area contributed by atoms with Crippen LogP contribution in [0.4, 0.5) is 0 Å². The maximum atomic E-state index is 11.6. The van der Waals surface area contributed by atoms with Gasteiger partial charge in [-0.05, 0) is 77.2 Å². The third-order valence-corrected chi connectivity index (χ3v) is 4.07. The van der Waals surface area contributed by atoms with E-state index in [0.29, 0.717) is 24.0 Å². The molecule has 0 saturated carbocycles. The van der Waals surface area contributed by atoms with Crippen molar-refractivity contribution in [1.29, 1.82) is 0 Å². The first kappa shape index (κ1) is 20.6. The molecule has 0 atom stereocenters. The fourth-order valence-electron chi connectivity index (χ4n) is 2.60. The van der Waals surface area contributed by atoms with E-state index in [0.717, 1.165) is 12.8 Å². The molecule has 0 aromatic heterocycles. The minimum absolute atomic E-state index is 0.00750. The summed E-state index contributed by atoms with van der Waals surface area (Å²) in [5.74, 6) is -1.05. The van der Waals surface area contributed by atoms with Gasteiger partial charge < -0.3 is 15.3 Å². The van der Waals surface area contributed by atoms with Gasteiger partial charge in [0, 0.05) is 11.1 Å². The van der Waals surface area contributed by atoms with Gasteiger partial charge in [0.2, 0.25) is 0 Å². The first-order chi connectivity index (χ1) is 11.7. The van der Waals surface area contributed by atoms with Crippen molar-refractivity contribution in [2.24, 2.45) is 0 Å². The molecule has 0 unspecified atom stereocenters. The highest BCUT2D eigenvalue weighted by Gasteiger charge is 2.15. The average Bonchev–Trinajstić information content (AvgIpc) is 2.52. The number of phenols is 2. The Balaban J connectivity index is 2.88. The monoisotopic (exact) mass is 344 g/mol. The number of carboxylic acids is 1. The summed E-state index contributed by atoms with van der Waals surface area (Å²) in [7, 11) is 0. The molecule has 0 fully saturated rings. The normalized spacial score (nSPS) is 12.6. The zero-order valence-electron chi connectivity index (χ0n) is 15.5. The largest absolute Gasteiger partial charge is 0.508 e. The molecule has 0 radical (unpaired) electrons. The van der Waals surface area contributed by atoms with Gasteiger partial charge in [-0.3, -0.25) is 0 Å². The molecule has 0 bridgehead atoms. The molecule has 0 aliphatic carbocycles. The minimum Gasteiger partial charge on any atom is -0.508 e. The third-order valence-electron chi connectivity index (χ3n) is 4.07. The van der Waals surface area contributed by atoms with Crippen molar-refractivity contribution in [3.63, 3.8) is 0 Å². The van der Waals surface area contributed by atoms with Crippen LogP contribution in [0.2, 0.25) is 0 Å². The van der Waals surface area contributed by atoms with Crippen LogP contribution in [-0.2, 0) is 4.79 Å². The zero-order valence-corrected chi connectivity index (χ0v) is 15.5. The van der Waals surface area contributed by atoms with Crippen LogP contribution in [0.15, 0.2) is 47.1 Å². The van der Waals surface area contributed by atoms with Crippen molar-refractivity contribution in [3.05, 3.63) is 52.6 Å². The van der Waals surface area contributed by atoms with Gasteiger partial charge in [-0.15, -0.1) is 0 Å². The smallest absolute Gasteiger partial charge is 0.331 e. The van der Waals surface area contributed by atoms with E-state index in [1.54, 1.807) is 6.92 Å². The van der Waals surface area contributed by atoms with Gasteiger partial charge in [0.25, 0.3) is 0 Å². The lowest BCUT2D eigenvalue weighted by molar-refractivity contribution is -0.132. The van der Waals surface area contributed by atoms with Gasteiger partial charge in [-0.2, -0.15) is 0 Å². The van der Waals surface area contributed by atoms with Crippen molar-refractivity contribution >= 4 is 11.5 Å². The van der Waals surface area contributed by atoms with Crippen molar-refractivity contribution < 1.29 is 20.1 Å². The van der Waals surface area contributed by atoms with E-state index in [2.05, 4.69) is 32.9 Å². The Morgan fingerprint density at radius 3 is 2.24 bits per heavy atom. The van der Waals surface area contributed by atoms with Gasteiger partial charge in [0.05, 0.1) is 0 Å². The van der Waals surface area contributed by atoms with Gasteiger partial charge >= 0.3 is 5.97 Å². The molecule has 0 spiro atoms. The lowest BCUT2D eigenvalue weighted by Crippen LogP contribution is -2.03. The second-order valence-corrected chi connectivity index (χ2v) is 6.52. The maximum Gasteiger partial charge on any atom is 0.331 e. The Labute approximate surface area is 149 Å². The van der Waals surface area contributed by atoms with Crippen molar-refractivity contribution in [1.82, 2.24) is 0 Å². The molecule has 0 heterocycles. The van der Waals surface area contributed by atoms with Gasteiger partial charge in [0.1, 0.15) is 11.5 Å². The first-order valence-corrected chi connectivity index (χ1v) is 8.46. The van der Waals surface area contributed by atoms with E-state index in [1.165, 1.54) is 29.3 Å². The van der Waals surface area contributed by atoms with Crippen LogP contribution in [0.25, 0.3) is 5.57 Å². The molecule has 0 aliphatic rings. The van der Waals surface area contributed by atoms with E-state index >= 15 is 0 Å². The standard InChI is InChI=1S/C21H28O4/c1-14(2)7-5-8-15(3)9-6-10-18(21(24)25)16(4)19-13-17(22)11-12-20(19)23/h7,9,11-13,22-23H,5-6,8,10H2,1-4H3,(H,24,25)/b15-9+,18-16-. The number of hydrogen-bond acceptors (Lipinski definition) is 3. The second kappa shape index (κ2) is 9.72. The summed E-state index contributed by atoms with van der Waals surface area (Å²) in [6, 6.07) is 4.11. The second-order valence-electron chi connectivity index (χ2n) is 6.52. The van der Waals surface area contributed by atoms with E-state index in [9.17, 15) is 20.1 Å². The Morgan fingerprint density at radius 1 is 1.00 bits per heavy atom. The summed E-state index contributed by atoms with van der Waals surface area (Å²) in [6.45, 7) is 7.85. The van der Waals surface area contributed by atoms with Gasteiger partial charge in [-0.25, -0.2) is 4.79 Å². The van der Waals surface area contributed by atoms with E-state index in [-0.39, 0.29) is 17.1 Å². The molecule has 0 saturated heterocycles. The number of rotatable bonds is 8. The van der Waals surface area contributed by atoms with Crippen LogP contribution in [0.3, 0.4) is 0 Å². The summed E-state index contributed by atoms with van der Waals surface area (Å²) >= 11 is 0. The van der Waals surface area contributed by atoms with E-state index < -0.39 is 5.97 Å². The number of hydrogen-bond donors (Lipinski definition) is 3. The number of allylic oxidation sites excluding steroid dienone is 5. The van der Waals surface area contributed by atoms with E-state index in [4.69, 9.17) is 0 Å². The third kappa shape index (κ3) is 6.87. The Kier molecular flexibility index (Phi) is 7.99. The zero-order chi connectivity index (χ0) is 19.0. The molecule has 136 valence electrons. The van der Waals surface area contributed by atoms with E-state index in [1.807, 2.05) is 0 Å². The minimum atomic E-state index is -1.00. The predicted molar refractivity (Wildman–Crippen MR) is 102 cm³/mol. The number of phenolic OH excluding ortho intramolecular Hbond substituents is 2. The Hall–Kier alpha value is -2.49. The summed E-state index contributed by atoms with van der Waals surface area (Å²) in [6.07, 6.45) is 7.20. The summed E-state index contributed by atoms with van der Waals surface area (Å²) in [4.78, 5) is 11.6. The fourth-order valence-corrected chi connectivity index (χ4v) is 2.60. The molecule has 1 rings (SSSR count). The van der Waals surface area contributed by atoms with Crippen LogP contribution in [-0.4, -0.2) is 21.3 Å². The number of aromatic hydroxyl groups is 2. The summed E-state index contributed by atoms with van der Waals surface area (Å²) in [5.41, 5.74) is 3.60. The highest BCUT2D eigenvalue weighted by Crippen LogP contribution is 2.31. The molecule has 0 amide bonds. The Bertz CT molecular complexity index is 705. The summed E-state index contributed by atoms with van der Waals surface area (Å²) in [5, 5.41) is 29.0. The van der Waals surface area contributed by atoms with Crippen LogP contribution in [0.5, 0.6) is 11.5 Å². The highest BCUT2D eigenvalue weighted by molar-refractivity contribution is 5.96. The molecule has 1 aromatic carbocycles. The van der Waals surface area contributed by atoms with Crippen LogP contribution >= 0.6 is 0 Å². The molecule has 1 aromatic rings. The fraction of sp³-hybridized carbons (Fsp3) is 0.381. The highest BCUT2D eigenvalue weighted by atomic mass is 16.4. The van der Waals surface area contributed by atoms with Crippen molar-refractivity contribution in [2.45, 2.75) is 53.4 Å². The van der Waals surface area contributed by atoms with Crippen LogP contribution in [0, 0.1) is 0 Å². The SMILES string of the molecule is CC(C)=CCC/C(C)=C/CC/C(C(=O)O)=C(\C)c1cc(O)ccc1O. The molecule has 3 N–H and O–H groups in total. The first-order valence-electron chi connectivity index (χ1n) is 8.46. The molecule has 0 aliphatic heterocycles. The number of aliphatic carboxylic acids is 1. The number of carbonyl (C=O) groups is 1. The molecular formula is C21H28O4. The van der Waals surface area contributed by atoms with Crippen LogP contribution < -0.4 is 0 Å². The molecular weight excluding hydrogens is 316 g/mol. The lowest BCUT2D eigenvalue weighted by Gasteiger charge is -2.10. The van der Waals surface area contributed by atoms with Gasteiger partial charge in [0.15, 0.2) is 0 Å². The summed E-state index contributed by atoms with van der Waals surface area (Å²) < 4.78 is 0. The van der Waals surface area contributed by atoms with Crippen LogP contribution in [0.1, 0.15) is 58.9 Å². The predicted octanol–water partition coefficient (Wildman–Crippen LogP) is 5.43. The number of carboxylic acid groups (broad SMARTS) is 1. The number of benzene rings is 1. The maximum absolute atomic E-state index is 11.6. The molecule has 25 heavy (non-hydrogen) atoms. The van der Waals surface area contributed by atoms with Gasteiger partial charge in [-0.1, -0.05) is 23.3 Å². The lowest BCUT2D eigenvalue weighted by atomic mass is 9.96. The molecule has 4 heteroatoms. The average molecular weight is 344 g/mol. The Morgan fingerprint density at radius 2 is 1.64 bits per heavy atom. The quantitative estimate of drug-likeness (QED) is 0.334. The van der Waals surface area contributed by atoms with Crippen molar-refractivity contribution in [2.75, 3.05) is 0 Å². The molecule has 4 nitrogen and oxygen atoms in total.